The van der Waals surface area contributed by atoms with Crippen LogP contribution in [0, 0.1) is 18.8 Å². The number of piperidine rings is 1. The summed E-state index contributed by atoms with van der Waals surface area (Å²) in [7, 11) is -3.57. The minimum absolute atomic E-state index is 0.0685. The van der Waals surface area contributed by atoms with Crippen molar-refractivity contribution < 1.29 is 17.7 Å². The molecule has 1 N–H and O–H groups in total. The van der Waals surface area contributed by atoms with Gasteiger partial charge < -0.3 is 9.84 Å². The highest BCUT2D eigenvalue weighted by atomic mass is 32.2. The van der Waals surface area contributed by atoms with Crippen molar-refractivity contribution in [2.45, 2.75) is 62.6 Å². The molecule has 1 saturated heterocycles. The summed E-state index contributed by atoms with van der Waals surface area (Å²) in [4.78, 5) is 18.5. The highest BCUT2D eigenvalue weighted by Crippen LogP contribution is 2.39. The van der Waals surface area contributed by atoms with Crippen LogP contribution in [0.5, 0.6) is 0 Å². The van der Waals surface area contributed by atoms with E-state index in [0.29, 0.717) is 41.2 Å². The standard InChI is InChI=1S/C20H28N4O4S2/c1-12(2)17(20-22-18(23-28-20)14-7-8-14)21-19(25)15-5-4-10-24(11-15)30(26,27)16-9-6-13(3)29-16/h6,9,12,14-15,17H,4-5,7-8,10-11H2,1-3H3,(H,21,25). The Morgan fingerprint density at radius 3 is 2.70 bits per heavy atom. The second-order valence-electron chi connectivity index (χ2n) is 8.56. The number of carbonyl (C=O) groups is 1. The van der Waals surface area contributed by atoms with Crippen LogP contribution in [0.3, 0.4) is 0 Å². The van der Waals surface area contributed by atoms with Crippen molar-refractivity contribution in [3.05, 3.63) is 28.7 Å². The quantitative estimate of drug-likeness (QED) is 0.691. The van der Waals surface area contributed by atoms with Crippen LogP contribution < -0.4 is 5.32 Å². The number of amides is 1. The number of nitrogens with zero attached hydrogens (tertiary/aromatic N) is 3. The second kappa shape index (κ2) is 8.39. The van der Waals surface area contributed by atoms with E-state index in [-0.39, 0.29) is 24.4 Å². The molecule has 2 aromatic rings. The van der Waals surface area contributed by atoms with Crippen molar-refractivity contribution in [2.75, 3.05) is 13.1 Å². The van der Waals surface area contributed by atoms with Crippen molar-refractivity contribution in [3.63, 3.8) is 0 Å². The molecular weight excluding hydrogens is 424 g/mol. The highest BCUT2D eigenvalue weighted by molar-refractivity contribution is 7.91. The fourth-order valence-corrected chi connectivity index (χ4v) is 6.68. The average molecular weight is 453 g/mol. The summed E-state index contributed by atoms with van der Waals surface area (Å²) in [6.45, 7) is 6.48. The lowest BCUT2D eigenvalue weighted by Crippen LogP contribution is -2.46. The molecule has 3 heterocycles. The number of hydrogen-bond acceptors (Lipinski definition) is 7. The molecule has 1 aliphatic heterocycles. The summed E-state index contributed by atoms with van der Waals surface area (Å²) in [5, 5.41) is 7.09. The summed E-state index contributed by atoms with van der Waals surface area (Å²) < 4.78 is 33.1. The zero-order valence-corrected chi connectivity index (χ0v) is 19.1. The van der Waals surface area contributed by atoms with Crippen LogP contribution in [0.2, 0.25) is 0 Å². The summed E-state index contributed by atoms with van der Waals surface area (Å²) in [6, 6.07) is 3.06. The molecule has 0 bridgehead atoms. The molecule has 1 amide bonds. The third kappa shape index (κ3) is 4.45. The maximum atomic E-state index is 13.0. The number of nitrogens with one attached hydrogen (secondary N) is 1. The van der Waals surface area contributed by atoms with Gasteiger partial charge in [-0.25, -0.2) is 8.42 Å². The first-order chi connectivity index (χ1) is 14.3. The van der Waals surface area contributed by atoms with Crippen LogP contribution in [0.4, 0.5) is 0 Å². The van der Waals surface area contributed by atoms with Gasteiger partial charge in [-0.3, -0.25) is 4.79 Å². The van der Waals surface area contributed by atoms with Crippen LogP contribution in [-0.2, 0) is 14.8 Å². The number of hydrogen-bond donors (Lipinski definition) is 1. The van der Waals surface area contributed by atoms with E-state index in [9.17, 15) is 13.2 Å². The van der Waals surface area contributed by atoms with E-state index in [1.54, 1.807) is 12.1 Å². The van der Waals surface area contributed by atoms with Crippen molar-refractivity contribution in [3.8, 4) is 0 Å². The molecule has 2 atom stereocenters. The van der Waals surface area contributed by atoms with Crippen molar-refractivity contribution in [1.29, 1.82) is 0 Å². The molecule has 0 aromatic carbocycles. The van der Waals surface area contributed by atoms with E-state index in [2.05, 4.69) is 15.5 Å². The van der Waals surface area contributed by atoms with Gasteiger partial charge in [0.15, 0.2) is 5.82 Å². The molecule has 0 spiro atoms. The Morgan fingerprint density at radius 1 is 1.30 bits per heavy atom. The van der Waals surface area contributed by atoms with Crippen LogP contribution >= 0.6 is 11.3 Å². The Labute approximate surface area is 181 Å². The molecular formula is C20H28N4O4S2. The molecule has 0 radical (unpaired) electrons. The first-order valence-electron chi connectivity index (χ1n) is 10.5. The van der Waals surface area contributed by atoms with E-state index in [1.165, 1.54) is 15.6 Å². The second-order valence-corrected chi connectivity index (χ2v) is 12.0. The fraction of sp³-hybridized carbons (Fsp3) is 0.650. The van der Waals surface area contributed by atoms with E-state index >= 15 is 0 Å². The molecule has 10 heteroatoms. The molecule has 4 rings (SSSR count). The number of carbonyl (C=O) groups excluding carboxylic acids is 1. The maximum absolute atomic E-state index is 13.0. The van der Waals surface area contributed by atoms with Gasteiger partial charge >= 0.3 is 0 Å². The molecule has 1 aliphatic carbocycles. The lowest BCUT2D eigenvalue weighted by Gasteiger charge is -2.32. The van der Waals surface area contributed by atoms with Gasteiger partial charge in [0.05, 0.1) is 5.92 Å². The Kier molecular flexibility index (Phi) is 6.00. The highest BCUT2D eigenvalue weighted by Gasteiger charge is 2.36. The third-order valence-corrected chi connectivity index (χ3v) is 9.03. The molecule has 2 aromatic heterocycles. The summed E-state index contributed by atoms with van der Waals surface area (Å²) in [5.74, 6) is 1.02. The first kappa shape index (κ1) is 21.5. The van der Waals surface area contributed by atoms with Crippen LogP contribution in [-0.4, -0.2) is 41.9 Å². The maximum Gasteiger partial charge on any atom is 0.252 e. The van der Waals surface area contributed by atoms with Gasteiger partial charge in [-0.1, -0.05) is 19.0 Å². The summed E-state index contributed by atoms with van der Waals surface area (Å²) >= 11 is 1.26. The van der Waals surface area contributed by atoms with Gasteiger partial charge in [-0.2, -0.15) is 9.29 Å². The smallest absolute Gasteiger partial charge is 0.252 e. The lowest BCUT2D eigenvalue weighted by atomic mass is 9.97. The monoisotopic (exact) mass is 452 g/mol. The molecule has 164 valence electrons. The molecule has 2 aliphatic rings. The zero-order valence-electron chi connectivity index (χ0n) is 17.5. The third-order valence-electron chi connectivity index (χ3n) is 5.70. The number of sulfonamides is 1. The molecule has 30 heavy (non-hydrogen) atoms. The first-order valence-corrected chi connectivity index (χ1v) is 12.7. The van der Waals surface area contributed by atoms with E-state index in [1.807, 2.05) is 20.8 Å². The number of rotatable bonds is 7. The average Bonchev–Trinajstić information content (AvgIpc) is 3.28. The number of thiophene rings is 1. The van der Waals surface area contributed by atoms with Crippen LogP contribution in [0.25, 0.3) is 0 Å². The van der Waals surface area contributed by atoms with Gasteiger partial charge in [0.1, 0.15) is 10.3 Å². The summed E-state index contributed by atoms with van der Waals surface area (Å²) in [6.07, 6.45) is 3.46. The fourth-order valence-electron chi connectivity index (χ4n) is 3.72. The van der Waals surface area contributed by atoms with E-state index < -0.39 is 15.9 Å². The predicted molar refractivity (Wildman–Crippen MR) is 113 cm³/mol. The minimum atomic E-state index is -3.57. The van der Waals surface area contributed by atoms with Crippen molar-refractivity contribution in [2.24, 2.45) is 11.8 Å². The summed E-state index contributed by atoms with van der Waals surface area (Å²) in [5.41, 5.74) is 0. The normalized spacial score (nSPS) is 21.7. The van der Waals surface area contributed by atoms with E-state index in [4.69, 9.17) is 4.52 Å². The van der Waals surface area contributed by atoms with Gasteiger partial charge in [0.25, 0.3) is 10.0 Å². The topological polar surface area (TPSA) is 105 Å². The van der Waals surface area contributed by atoms with Crippen LogP contribution in [0.1, 0.15) is 68.1 Å². The zero-order chi connectivity index (χ0) is 21.5. The number of aryl methyl sites for hydroxylation is 1. The van der Waals surface area contributed by atoms with Gasteiger partial charge in [0.2, 0.25) is 11.8 Å². The Hall–Kier alpha value is -1.78. The predicted octanol–water partition coefficient (Wildman–Crippen LogP) is 3.23. The van der Waals surface area contributed by atoms with Gasteiger partial charge in [-0.15, -0.1) is 11.3 Å². The van der Waals surface area contributed by atoms with Gasteiger partial charge in [-0.05, 0) is 50.7 Å². The molecule has 2 fully saturated rings. The van der Waals surface area contributed by atoms with Gasteiger partial charge in [0, 0.05) is 23.9 Å². The SMILES string of the molecule is Cc1ccc(S(=O)(=O)N2CCCC(C(=O)NC(c3nc(C4CC4)no3)C(C)C)C2)s1. The van der Waals surface area contributed by atoms with Crippen molar-refractivity contribution >= 4 is 27.3 Å². The Morgan fingerprint density at radius 2 is 2.07 bits per heavy atom. The lowest BCUT2D eigenvalue weighted by molar-refractivity contribution is -0.127. The van der Waals surface area contributed by atoms with Crippen LogP contribution in [0.15, 0.2) is 20.9 Å². The van der Waals surface area contributed by atoms with E-state index in [0.717, 1.165) is 17.7 Å². The molecule has 2 unspecified atom stereocenters. The van der Waals surface area contributed by atoms with Crippen molar-refractivity contribution in [1.82, 2.24) is 19.8 Å². The Bertz CT molecular complexity index is 1010. The molecule has 8 nitrogen and oxygen atoms in total. The molecule has 1 saturated carbocycles. The largest absolute Gasteiger partial charge is 0.344 e. The minimum Gasteiger partial charge on any atom is -0.344 e. The number of aromatic nitrogens is 2. The Balaban J connectivity index is 1.45.